The normalized spacial score (nSPS) is 21.3. The Morgan fingerprint density at radius 2 is 1.57 bits per heavy atom. The summed E-state index contributed by atoms with van der Waals surface area (Å²) in [7, 11) is 0. The standard InChI is InChI=1S/C37H42Cl2N6O3S/c1-27(2)22-44-19-20-45(36(44)49)31-6-4-29(5-7-31)42-15-17-43(18-16-42)30-8-10-32(11-9-30)46-23-33-24-47-37(48-33,25-41-14-13-40-26-41)34-12-3-28(38)21-35(34)39/h3-14,21,26-27,33H,15-20,22-25H2,1-2H3/t33-,37-/m1/s1. The average molecular weight is 722 g/mol. The van der Waals surface area contributed by atoms with Crippen LogP contribution in [0.15, 0.2) is 85.5 Å². The molecule has 0 spiro atoms. The molecule has 3 fully saturated rings. The van der Waals surface area contributed by atoms with Gasteiger partial charge in [0.2, 0.25) is 5.79 Å². The zero-order chi connectivity index (χ0) is 34.0. The number of aromatic nitrogens is 2. The minimum Gasteiger partial charge on any atom is -0.491 e. The number of thiocarbonyl (C=S) groups is 1. The summed E-state index contributed by atoms with van der Waals surface area (Å²) in [6, 6.07) is 22.5. The predicted molar refractivity (Wildman–Crippen MR) is 200 cm³/mol. The summed E-state index contributed by atoms with van der Waals surface area (Å²) in [5, 5.41) is 1.98. The molecule has 3 aliphatic heterocycles. The molecule has 0 bridgehead atoms. The molecule has 258 valence electrons. The molecule has 0 N–H and O–H groups in total. The number of ether oxygens (including phenoxy) is 3. The second kappa shape index (κ2) is 14.7. The third-order valence-corrected chi connectivity index (χ3v) is 10.3. The van der Waals surface area contributed by atoms with Crippen LogP contribution in [0.2, 0.25) is 10.0 Å². The Labute approximate surface area is 303 Å². The van der Waals surface area contributed by atoms with Crippen molar-refractivity contribution in [2.75, 3.05) is 73.7 Å². The quantitative estimate of drug-likeness (QED) is 0.154. The van der Waals surface area contributed by atoms with Crippen LogP contribution >= 0.6 is 35.4 Å². The van der Waals surface area contributed by atoms with Crippen LogP contribution in [0.3, 0.4) is 0 Å². The number of hydrogen-bond donors (Lipinski definition) is 0. The van der Waals surface area contributed by atoms with E-state index in [4.69, 9.17) is 49.6 Å². The number of halogens is 2. The van der Waals surface area contributed by atoms with Gasteiger partial charge in [0.25, 0.3) is 0 Å². The molecule has 49 heavy (non-hydrogen) atoms. The molecule has 2 atom stereocenters. The fraction of sp³-hybridized carbons (Fsp3) is 0.405. The van der Waals surface area contributed by atoms with Crippen molar-refractivity contribution >= 4 is 57.6 Å². The van der Waals surface area contributed by atoms with E-state index < -0.39 is 5.79 Å². The number of nitrogens with zero attached hydrogens (tertiary/aromatic N) is 6. The van der Waals surface area contributed by atoms with Crippen molar-refractivity contribution in [1.29, 1.82) is 0 Å². The SMILES string of the molecule is CC(C)CN1CCN(c2ccc(N3CCN(c4ccc(OC[C@@H]5CO[C@@](Cn6ccnc6)(c6ccc(Cl)cc6Cl)O5)cc4)CC3)cc2)C1=S. The van der Waals surface area contributed by atoms with Crippen LogP contribution < -0.4 is 19.4 Å². The van der Waals surface area contributed by atoms with Gasteiger partial charge in [-0.1, -0.05) is 43.1 Å². The minimum absolute atomic E-state index is 0.288. The van der Waals surface area contributed by atoms with Gasteiger partial charge in [-0.3, -0.25) is 0 Å². The van der Waals surface area contributed by atoms with E-state index in [0.717, 1.165) is 62.2 Å². The van der Waals surface area contributed by atoms with Crippen molar-refractivity contribution in [1.82, 2.24) is 14.5 Å². The van der Waals surface area contributed by atoms with E-state index in [1.807, 2.05) is 29.0 Å². The second-order valence-corrected chi connectivity index (χ2v) is 14.4. The summed E-state index contributed by atoms with van der Waals surface area (Å²) in [5.74, 6) is 0.301. The highest BCUT2D eigenvalue weighted by Gasteiger charge is 2.45. The first-order valence-electron chi connectivity index (χ1n) is 16.9. The highest BCUT2D eigenvalue weighted by molar-refractivity contribution is 7.80. The van der Waals surface area contributed by atoms with Gasteiger partial charge in [0.1, 0.15) is 18.5 Å². The van der Waals surface area contributed by atoms with Crippen molar-refractivity contribution in [3.05, 3.63) is 101 Å². The molecule has 4 heterocycles. The third kappa shape index (κ3) is 7.64. The van der Waals surface area contributed by atoms with E-state index in [2.05, 4.69) is 74.8 Å². The number of benzene rings is 3. The zero-order valence-corrected chi connectivity index (χ0v) is 30.2. The fourth-order valence-electron chi connectivity index (χ4n) is 6.82. The summed E-state index contributed by atoms with van der Waals surface area (Å²) >= 11 is 18.6. The molecule has 7 rings (SSSR count). The first-order chi connectivity index (χ1) is 23.8. The summed E-state index contributed by atoms with van der Waals surface area (Å²) < 4.78 is 20.9. The molecule has 9 nitrogen and oxygen atoms in total. The maximum absolute atomic E-state index is 6.61. The maximum atomic E-state index is 6.61. The molecule has 3 saturated heterocycles. The van der Waals surface area contributed by atoms with E-state index in [1.54, 1.807) is 24.7 Å². The smallest absolute Gasteiger partial charge is 0.215 e. The lowest BCUT2D eigenvalue weighted by atomic mass is 10.1. The van der Waals surface area contributed by atoms with E-state index in [1.165, 1.54) is 17.1 Å². The molecule has 0 amide bonds. The molecule has 0 radical (unpaired) electrons. The van der Waals surface area contributed by atoms with Crippen LogP contribution in [-0.2, 0) is 21.8 Å². The highest BCUT2D eigenvalue weighted by Crippen LogP contribution is 2.40. The van der Waals surface area contributed by atoms with Gasteiger partial charge in [-0.25, -0.2) is 4.98 Å². The van der Waals surface area contributed by atoms with E-state index >= 15 is 0 Å². The van der Waals surface area contributed by atoms with Gasteiger partial charge >= 0.3 is 0 Å². The monoisotopic (exact) mass is 720 g/mol. The topological polar surface area (TPSA) is 58.5 Å². The number of anilines is 3. The number of hydrogen-bond acceptors (Lipinski definition) is 7. The number of imidazole rings is 1. The van der Waals surface area contributed by atoms with Crippen molar-refractivity contribution in [2.24, 2.45) is 5.92 Å². The zero-order valence-electron chi connectivity index (χ0n) is 27.9. The van der Waals surface area contributed by atoms with Gasteiger partial charge in [-0.2, -0.15) is 0 Å². The molecular formula is C37H42Cl2N6O3S. The van der Waals surface area contributed by atoms with Crippen LogP contribution in [0.5, 0.6) is 5.75 Å². The Morgan fingerprint density at radius 1 is 0.898 bits per heavy atom. The van der Waals surface area contributed by atoms with Gasteiger partial charge in [0, 0.05) is 85.9 Å². The average Bonchev–Trinajstić information content (AvgIpc) is 3.86. The second-order valence-electron chi connectivity index (χ2n) is 13.2. The minimum atomic E-state index is -1.08. The van der Waals surface area contributed by atoms with Gasteiger partial charge < -0.3 is 38.4 Å². The van der Waals surface area contributed by atoms with E-state index in [0.29, 0.717) is 35.7 Å². The first kappa shape index (κ1) is 33.9. The summed E-state index contributed by atoms with van der Waals surface area (Å²) in [4.78, 5) is 13.6. The summed E-state index contributed by atoms with van der Waals surface area (Å²) in [5.41, 5.74) is 4.33. The van der Waals surface area contributed by atoms with Gasteiger partial charge in [-0.15, -0.1) is 0 Å². The van der Waals surface area contributed by atoms with Gasteiger partial charge in [0.15, 0.2) is 5.11 Å². The lowest BCUT2D eigenvalue weighted by molar-refractivity contribution is -0.189. The van der Waals surface area contributed by atoms with Crippen LogP contribution in [-0.4, -0.2) is 84.7 Å². The maximum Gasteiger partial charge on any atom is 0.215 e. The van der Waals surface area contributed by atoms with Crippen LogP contribution in [0.1, 0.15) is 19.4 Å². The summed E-state index contributed by atoms with van der Waals surface area (Å²) in [6.45, 7) is 12.3. The van der Waals surface area contributed by atoms with E-state index in [-0.39, 0.29) is 6.10 Å². The lowest BCUT2D eigenvalue weighted by Crippen LogP contribution is -2.46. The largest absolute Gasteiger partial charge is 0.491 e. The van der Waals surface area contributed by atoms with Crippen molar-refractivity contribution in [3.8, 4) is 5.75 Å². The van der Waals surface area contributed by atoms with Crippen LogP contribution in [0, 0.1) is 5.92 Å². The van der Waals surface area contributed by atoms with Gasteiger partial charge in [0.05, 0.1) is 24.5 Å². The molecule has 0 saturated carbocycles. The molecule has 3 aliphatic rings. The van der Waals surface area contributed by atoms with Crippen LogP contribution in [0.25, 0.3) is 0 Å². The Hall–Kier alpha value is -3.54. The Morgan fingerprint density at radius 3 is 2.20 bits per heavy atom. The van der Waals surface area contributed by atoms with Crippen LogP contribution in [0.4, 0.5) is 17.1 Å². The molecule has 0 aliphatic carbocycles. The molecular weight excluding hydrogens is 679 g/mol. The van der Waals surface area contributed by atoms with Gasteiger partial charge in [-0.05, 0) is 78.8 Å². The third-order valence-electron chi connectivity index (χ3n) is 9.28. The Kier molecular flexibility index (Phi) is 10.2. The van der Waals surface area contributed by atoms with Crippen molar-refractivity contribution in [2.45, 2.75) is 32.3 Å². The Balaban J connectivity index is 0.907. The molecule has 0 unspecified atom stereocenters. The highest BCUT2D eigenvalue weighted by atomic mass is 35.5. The Bertz CT molecular complexity index is 1720. The number of rotatable bonds is 11. The predicted octanol–water partition coefficient (Wildman–Crippen LogP) is 6.93. The van der Waals surface area contributed by atoms with Crippen molar-refractivity contribution in [3.63, 3.8) is 0 Å². The molecule has 1 aromatic heterocycles. The number of piperazine rings is 1. The lowest BCUT2D eigenvalue weighted by Gasteiger charge is -2.37. The molecule has 4 aromatic rings. The van der Waals surface area contributed by atoms with E-state index in [9.17, 15) is 0 Å². The molecule has 12 heteroatoms. The summed E-state index contributed by atoms with van der Waals surface area (Å²) in [6.07, 6.45) is 5.03. The van der Waals surface area contributed by atoms with Crippen molar-refractivity contribution < 1.29 is 14.2 Å². The fourth-order valence-corrected chi connectivity index (χ4v) is 7.73. The molecule has 3 aromatic carbocycles. The first-order valence-corrected chi connectivity index (χ1v) is 18.0.